The lowest BCUT2D eigenvalue weighted by Gasteiger charge is -2.15. The van der Waals surface area contributed by atoms with Crippen molar-refractivity contribution in [2.75, 3.05) is 18.1 Å². The minimum atomic E-state index is -0.269. The maximum Gasteiger partial charge on any atom is 0.0662 e. The molecule has 0 spiro atoms. The Bertz CT molecular complexity index is 117. The quantitative estimate of drug-likeness (QED) is 0.467. The predicted molar refractivity (Wildman–Crippen MR) is 56.7 cm³/mol. The molecule has 2 unspecified atom stereocenters. The van der Waals surface area contributed by atoms with E-state index in [-0.39, 0.29) is 12.1 Å². The van der Waals surface area contributed by atoms with Crippen molar-refractivity contribution < 1.29 is 5.11 Å². The summed E-state index contributed by atoms with van der Waals surface area (Å²) in [6.45, 7) is 8.38. The Morgan fingerprint density at radius 2 is 2.25 bits per heavy atom. The highest BCUT2D eigenvalue weighted by atomic mass is 32.2. The van der Waals surface area contributed by atoms with Crippen molar-refractivity contribution in [2.24, 2.45) is 0 Å². The van der Waals surface area contributed by atoms with Gasteiger partial charge < -0.3 is 10.4 Å². The van der Waals surface area contributed by atoms with E-state index in [1.807, 2.05) is 24.8 Å². The van der Waals surface area contributed by atoms with E-state index < -0.39 is 0 Å². The molecule has 3 heteroatoms. The minimum Gasteiger partial charge on any atom is -0.392 e. The lowest BCUT2D eigenvalue weighted by molar-refractivity contribution is 0.154. The first-order valence-electron chi connectivity index (χ1n) is 4.28. The Kier molecular flexibility index (Phi) is 7.65. The van der Waals surface area contributed by atoms with Crippen molar-refractivity contribution in [2.45, 2.75) is 26.0 Å². The van der Waals surface area contributed by atoms with Crippen molar-refractivity contribution in [1.29, 1.82) is 0 Å². The second kappa shape index (κ2) is 7.65. The summed E-state index contributed by atoms with van der Waals surface area (Å²) in [6.07, 6.45) is 1.64. The van der Waals surface area contributed by atoms with Gasteiger partial charge in [-0.2, -0.15) is 11.8 Å². The molecule has 2 atom stereocenters. The lowest BCUT2D eigenvalue weighted by Crippen LogP contribution is -2.36. The summed E-state index contributed by atoms with van der Waals surface area (Å²) >= 11 is 1.84. The van der Waals surface area contributed by atoms with Gasteiger partial charge in [0.1, 0.15) is 0 Å². The van der Waals surface area contributed by atoms with Crippen LogP contribution in [0.2, 0.25) is 0 Å². The first-order chi connectivity index (χ1) is 5.68. The summed E-state index contributed by atoms with van der Waals surface area (Å²) in [4.78, 5) is 0. The monoisotopic (exact) mass is 189 g/mol. The summed E-state index contributed by atoms with van der Waals surface area (Å²) in [5.41, 5.74) is 0. The van der Waals surface area contributed by atoms with Crippen LogP contribution in [0.15, 0.2) is 12.7 Å². The van der Waals surface area contributed by atoms with Crippen molar-refractivity contribution in [3.05, 3.63) is 12.7 Å². The molecule has 0 aliphatic rings. The molecular weight excluding hydrogens is 170 g/mol. The van der Waals surface area contributed by atoms with E-state index in [2.05, 4.69) is 11.9 Å². The van der Waals surface area contributed by atoms with Crippen LogP contribution in [-0.2, 0) is 0 Å². The fourth-order valence-corrected chi connectivity index (χ4v) is 1.29. The van der Waals surface area contributed by atoms with E-state index in [4.69, 9.17) is 5.11 Å². The summed E-state index contributed by atoms with van der Waals surface area (Å²) in [5, 5.41) is 12.4. The van der Waals surface area contributed by atoms with E-state index >= 15 is 0 Å². The summed E-state index contributed by atoms with van der Waals surface area (Å²) in [5.74, 6) is 2.08. The minimum absolute atomic E-state index is 0.189. The van der Waals surface area contributed by atoms with Crippen LogP contribution in [0.4, 0.5) is 0 Å². The van der Waals surface area contributed by atoms with Crippen LogP contribution < -0.4 is 5.32 Å². The fraction of sp³-hybridized carbons (Fsp3) is 0.778. The van der Waals surface area contributed by atoms with Gasteiger partial charge in [-0.15, -0.1) is 6.58 Å². The van der Waals surface area contributed by atoms with Crippen LogP contribution in [0.1, 0.15) is 13.8 Å². The Morgan fingerprint density at radius 3 is 2.75 bits per heavy atom. The fourth-order valence-electron chi connectivity index (χ4n) is 0.696. The number of hydrogen-bond acceptors (Lipinski definition) is 3. The smallest absolute Gasteiger partial charge is 0.0662 e. The molecule has 0 saturated carbocycles. The molecule has 0 aromatic rings. The molecular formula is C9H19NOS. The Morgan fingerprint density at radius 1 is 1.58 bits per heavy atom. The number of rotatable bonds is 7. The molecule has 0 saturated heterocycles. The SMILES string of the molecule is C=CCSCCNC(C)C(C)O. The lowest BCUT2D eigenvalue weighted by atomic mass is 10.2. The van der Waals surface area contributed by atoms with Crippen LogP contribution in [0.5, 0.6) is 0 Å². The van der Waals surface area contributed by atoms with Crippen molar-refractivity contribution in [3.63, 3.8) is 0 Å². The van der Waals surface area contributed by atoms with Gasteiger partial charge in [0, 0.05) is 24.1 Å². The summed E-state index contributed by atoms with van der Waals surface area (Å²) in [6, 6.07) is 0.189. The van der Waals surface area contributed by atoms with E-state index in [1.165, 1.54) is 0 Å². The molecule has 0 bridgehead atoms. The molecule has 2 N–H and O–H groups in total. The summed E-state index contributed by atoms with van der Waals surface area (Å²) < 4.78 is 0. The zero-order chi connectivity index (χ0) is 9.40. The van der Waals surface area contributed by atoms with Crippen LogP contribution in [0, 0.1) is 0 Å². The Hall–Kier alpha value is 0.01000. The van der Waals surface area contributed by atoms with Gasteiger partial charge in [-0.25, -0.2) is 0 Å². The molecule has 0 amide bonds. The van der Waals surface area contributed by atoms with Gasteiger partial charge in [0.05, 0.1) is 6.10 Å². The molecule has 0 aliphatic heterocycles. The number of thioether (sulfide) groups is 1. The zero-order valence-electron chi connectivity index (χ0n) is 7.92. The third kappa shape index (κ3) is 6.70. The van der Waals surface area contributed by atoms with Gasteiger partial charge in [0.25, 0.3) is 0 Å². The van der Waals surface area contributed by atoms with Gasteiger partial charge in [-0.3, -0.25) is 0 Å². The van der Waals surface area contributed by atoms with Crippen LogP contribution in [-0.4, -0.2) is 35.3 Å². The van der Waals surface area contributed by atoms with Crippen molar-refractivity contribution in [3.8, 4) is 0 Å². The molecule has 0 heterocycles. The third-order valence-corrected chi connectivity index (χ3v) is 2.64. The zero-order valence-corrected chi connectivity index (χ0v) is 8.73. The highest BCUT2D eigenvalue weighted by Gasteiger charge is 2.05. The molecule has 0 aromatic carbocycles. The second-order valence-electron chi connectivity index (χ2n) is 2.85. The molecule has 0 aliphatic carbocycles. The number of hydrogen-bond donors (Lipinski definition) is 2. The Labute approximate surface area is 79.4 Å². The third-order valence-electron chi connectivity index (χ3n) is 1.67. The maximum absolute atomic E-state index is 9.14. The highest BCUT2D eigenvalue weighted by molar-refractivity contribution is 7.99. The Balaban J connectivity index is 3.13. The molecule has 0 aromatic heterocycles. The van der Waals surface area contributed by atoms with Crippen LogP contribution in [0.3, 0.4) is 0 Å². The molecule has 0 fully saturated rings. The number of nitrogens with one attached hydrogen (secondary N) is 1. The van der Waals surface area contributed by atoms with Crippen LogP contribution in [0.25, 0.3) is 0 Å². The number of aliphatic hydroxyl groups is 1. The number of aliphatic hydroxyl groups excluding tert-OH is 1. The highest BCUT2D eigenvalue weighted by Crippen LogP contribution is 1.98. The predicted octanol–water partition coefficient (Wildman–Crippen LogP) is 1.26. The van der Waals surface area contributed by atoms with Gasteiger partial charge in [0.2, 0.25) is 0 Å². The first kappa shape index (κ1) is 12.0. The van der Waals surface area contributed by atoms with Crippen molar-refractivity contribution >= 4 is 11.8 Å². The molecule has 12 heavy (non-hydrogen) atoms. The molecule has 72 valence electrons. The maximum atomic E-state index is 9.14. The largest absolute Gasteiger partial charge is 0.392 e. The van der Waals surface area contributed by atoms with E-state index in [9.17, 15) is 0 Å². The topological polar surface area (TPSA) is 32.3 Å². The molecule has 0 rings (SSSR count). The van der Waals surface area contributed by atoms with E-state index in [0.29, 0.717) is 0 Å². The standard InChI is InChI=1S/C9H19NOS/c1-4-6-12-7-5-10-8(2)9(3)11/h4,8-11H,1,5-7H2,2-3H3. The normalized spacial score (nSPS) is 15.6. The van der Waals surface area contributed by atoms with E-state index in [0.717, 1.165) is 18.1 Å². The van der Waals surface area contributed by atoms with Gasteiger partial charge in [-0.1, -0.05) is 6.08 Å². The van der Waals surface area contributed by atoms with E-state index in [1.54, 1.807) is 6.92 Å². The average Bonchev–Trinajstić information content (AvgIpc) is 2.03. The van der Waals surface area contributed by atoms with Crippen molar-refractivity contribution in [1.82, 2.24) is 5.32 Å². The van der Waals surface area contributed by atoms with Crippen LogP contribution >= 0.6 is 11.8 Å². The molecule has 2 nitrogen and oxygen atoms in total. The average molecular weight is 189 g/mol. The first-order valence-corrected chi connectivity index (χ1v) is 5.44. The molecule has 0 radical (unpaired) electrons. The van der Waals surface area contributed by atoms with Gasteiger partial charge in [-0.05, 0) is 13.8 Å². The van der Waals surface area contributed by atoms with Gasteiger partial charge >= 0.3 is 0 Å². The van der Waals surface area contributed by atoms with Gasteiger partial charge in [0.15, 0.2) is 0 Å². The second-order valence-corrected chi connectivity index (χ2v) is 4.00. The summed E-state index contributed by atoms with van der Waals surface area (Å²) in [7, 11) is 0.